The van der Waals surface area contributed by atoms with Crippen molar-refractivity contribution in [2.75, 3.05) is 6.54 Å². The summed E-state index contributed by atoms with van der Waals surface area (Å²) >= 11 is 1.84. The third-order valence-electron chi connectivity index (χ3n) is 0.395. The Morgan fingerprint density at radius 1 is 1.88 bits per heavy atom. The highest BCUT2D eigenvalue weighted by Gasteiger charge is 1.85. The Kier molecular flexibility index (Phi) is 4.45. The second-order valence-electron chi connectivity index (χ2n) is 0.930. The van der Waals surface area contributed by atoms with Crippen molar-refractivity contribution in [2.24, 2.45) is 0 Å². The Labute approximate surface area is 60.6 Å². The van der Waals surface area contributed by atoms with Gasteiger partial charge < -0.3 is 10.4 Å². The molecule has 0 saturated carbocycles. The van der Waals surface area contributed by atoms with Gasteiger partial charge >= 0.3 is 6.09 Å². The molecule has 0 bridgehead atoms. The predicted molar refractivity (Wildman–Crippen MR) is 37.8 cm³/mol. The third-order valence-corrected chi connectivity index (χ3v) is 0.776. The van der Waals surface area contributed by atoms with Crippen LogP contribution in [0.15, 0.2) is 0 Å². The molecule has 1 amide bonds. The highest BCUT2D eigenvalue weighted by Crippen LogP contribution is 1.68. The molecule has 0 heterocycles. The highest BCUT2D eigenvalue weighted by atomic mass is 127. The number of hydrogen-bond acceptors (Lipinski definition) is 1. The summed E-state index contributed by atoms with van der Waals surface area (Å²) in [5.74, 6) is 2.52. The predicted octanol–water partition coefficient (Wildman–Crippen LogP) is 0.650. The maximum atomic E-state index is 9.69. The maximum absolute atomic E-state index is 9.69. The number of rotatable bonds is 1. The topological polar surface area (TPSA) is 49.3 Å². The summed E-state index contributed by atoms with van der Waals surface area (Å²) in [5.41, 5.74) is 0. The van der Waals surface area contributed by atoms with Gasteiger partial charge in [0.25, 0.3) is 0 Å². The summed E-state index contributed by atoms with van der Waals surface area (Å²) in [6.07, 6.45) is -1.04. The summed E-state index contributed by atoms with van der Waals surface area (Å²) in [6, 6.07) is 0. The fraction of sp³-hybridized carbons (Fsp3) is 0.250. The first-order valence-corrected chi connectivity index (χ1v) is 2.90. The van der Waals surface area contributed by atoms with Crippen LogP contribution in [0, 0.1) is 9.85 Å². The van der Waals surface area contributed by atoms with Crippen LogP contribution in [0.3, 0.4) is 0 Å². The first kappa shape index (κ1) is 7.56. The molecule has 0 radical (unpaired) electrons. The lowest BCUT2D eigenvalue weighted by Crippen LogP contribution is -2.20. The lowest BCUT2D eigenvalue weighted by atomic mass is 10.7. The van der Waals surface area contributed by atoms with E-state index in [1.807, 2.05) is 22.6 Å². The van der Waals surface area contributed by atoms with Gasteiger partial charge in [-0.1, -0.05) is 5.92 Å². The second kappa shape index (κ2) is 4.71. The number of carbonyl (C=O) groups is 1. The van der Waals surface area contributed by atoms with Crippen molar-refractivity contribution < 1.29 is 9.90 Å². The Morgan fingerprint density at radius 3 is 2.88 bits per heavy atom. The molecular formula is C4H4INO2. The molecule has 8 heavy (non-hydrogen) atoms. The van der Waals surface area contributed by atoms with Crippen LogP contribution in [0.4, 0.5) is 4.79 Å². The van der Waals surface area contributed by atoms with Gasteiger partial charge in [0.05, 0.1) is 6.54 Å². The minimum Gasteiger partial charge on any atom is -0.465 e. The molecule has 0 saturated heterocycles. The molecule has 0 aliphatic heterocycles. The van der Waals surface area contributed by atoms with Crippen LogP contribution in [0.5, 0.6) is 0 Å². The lowest BCUT2D eigenvalue weighted by molar-refractivity contribution is 0.196. The van der Waals surface area contributed by atoms with Crippen molar-refractivity contribution in [3.8, 4) is 9.85 Å². The van der Waals surface area contributed by atoms with Crippen molar-refractivity contribution in [2.45, 2.75) is 0 Å². The normalized spacial score (nSPS) is 6.62. The van der Waals surface area contributed by atoms with Crippen LogP contribution in [0.1, 0.15) is 0 Å². The summed E-state index contributed by atoms with van der Waals surface area (Å²) in [7, 11) is 0. The molecule has 0 spiro atoms. The van der Waals surface area contributed by atoms with Crippen molar-refractivity contribution in [1.29, 1.82) is 0 Å². The minimum atomic E-state index is -1.04. The quantitative estimate of drug-likeness (QED) is 0.508. The number of halogens is 1. The monoisotopic (exact) mass is 225 g/mol. The van der Waals surface area contributed by atoms with E-state index < -0.39 is 6.09 Å². The van der Waals surface area contributed by atoms with Crippen molar-refractivity contribution in [1.82, 2.24) is 5.32 Å². The molecule has 4 heteroatoms. The molecule has 0 aromatic carbocycles. The van der Waals surface area contributed by atoms with Gasteiger partial charge in [-0.2, -0.15) is 0 Å². The van der Waals surface area contributed by atoms with Gasteiger partial charge in [0.2, 0.25) is 0 Å². The van der Waals surface area contributed by atoms with E-state index >= 15 is 0 Å². The molecule has 0 aliphatic carbocycles. The van der Waals surface area contributed by atoms with Crippen LogP contribution in [0.25, 0.3) is 0 Å². The molecule has 0 aromatic rings. The summed E-state index contributed by atoms with van der Waals surface area (Å²) in [4.78, 5) is 9.69. The average molecular weight is 225 g/mol. The molecule has 0 unspecified atom stereocenters. The Morgan fingerprint density at radius 2 is 2.50 bits per heavy atom. The number of nitrogens with one attached hydrogen (secondary N) is 1. The van der Waals surface area contributed by atoms with Gasteiger partial charge in [-0.3, -0.25) is 0 Å². The molecule has 0 aromatic heterocycles. The third kappa shape index (κ3) is 5.56. The fourth-order valence-electron chi connectivity index (χ4n) is 0.153. The van der Waals surface area contributed by atoms with E-state index in [-0.39, 0.29) is 6.54 Å². The van der Waals surface area contributed by atoms with E-state index in [2.05, 4.69) is 15.2 Å². The molecule has 0 rings (SSSR count). The first-order valence-electron chi connectivity index (χ1n) is 1.82. The summed E-state index contributed by atoms with van der Waals surface area (Å²) in [5, 5.41) is 10.0. The Balaban J connectivity index is 3.14. The zero-order valence-corrected chi connectivity index (χ0v) is 6.10. The largest absolute Gasteiger partial charge is 0.465 e. The second-order valence-corrected chi connectivity index (χ2v) is 1.47. The number of carboxylic acid groups (broad SMARTS) is 1. The van der Waals surface area contributed by atoms with Crippen molar-refractivity contribution in [3.63, 3.8) is 0 Å². The van der Waals surface area contributed by atoms with E-state index in [9.17, 15) is 4.79 Å². The van der Waals surface area contributed by atoms with E-state index in [0.717, 1.165) is 0 Å². The zero-order valence-electron chi connectivity index (χ0n) is 3.94. The molecule has 0 fully saturated rings. The van der Waals surface area contributed by atoms with Crippen LogP contribution >= 0.6 is 22.6 Å². The van der Waals surface area contributed by atoms with Crippen LogP contribution in [-0.4, -0.2) is 17.7 Å². The number of amides is 1. The molecule has 44 valence electrons. The van der Waals surface area contributed by atoms with Gasteiger partial charge in [-0.25, -0.2) is 4.79 Å². The van der Waals surface area contributed by atoms with Crippen molar-refractivity contribution >= 4 is 28.7 Å². The minimum absolute atomic E-state index is 0.207. The van der Waals surface area contributed by atoms with Crippen LogP contribution in [0.2, 0.25) is 0 Å². The number of hydrogen-bond donors (Lipinski definition) is 2. The van der Waals surface area contributed by atoms with Crippen LogP contribution in [-0.2, 0) is 0 Å². The van der Waals surface area contributed by atoms with Gasteiger partial charge in [0, 0.05) is 22.6 Å². The van der Waals surface area contributed by atoms with Gasteiger partial charge in [0.15, 0.2) is 0 Å². The van der Waals surface area contributed by atoms with Gasteiger partial charge in [-0.05, 0) is 3.93 Å². The van der Waals surface area contributed by atoms with Gasteiger partial charge in [0.1, 0.15) is 0 Å². The van der Waals surface area contributed by atoms with E-state index in [1.54, 1.807) is 0 Å². The molecule has 0 aliphatic rings. The first-order chi connectivity index (χ1) is 3.77. The standard InChI is InChI=1S/C4H4INO2/c5-2-1-3-6-4(7)8/h6H,3H2,(H,7,8). The maximum Gasteiger partial charge on any atom is 0.405 e. The van der Waals surface area contributed by atoms with Crippen molar-refractivity contribution in [3.05, 3.63) is 0 Å². The molecular weight excluding hydrogens is 221 g/mol. The molecule has 0 atom stereocenters. The van der Waals surface area contributed by atoms with Gasteiger partial charge in [-0.15, -0.1) is 0 Å². The SMILES string of the molecule is O=C(O)NCC#CI. The zero-order chi connectivity index (χ0) is 6.41. The smallest absolute Gasteiger partial charge is 0.405 e. The Hall–Kier alpha value is -0.440. The average Bonchev–Trinajstić information content (AvgIpc) is 1.66. The van der Waals surface area contributed by atoms with Crippen LogP contribution < -0.4 is 5.32 Å². The van der Waals surface area contributed by atoms with E-state index in [1.165, 1.54) is 0 Å². The Bertz CT molecular complexity index is 135. The van der Waals surface area contributed by atoms with E-state index in [0.29, 0.717) is 0 Å². The molecule has 3 nitrogen and oxygen atoms in total. The summed E-state index contributed by atoms with van der Waals surface area (Å²) in [6.45, 7) is 0.207. The lowest BCUT2D eigenvalue weighted by Gasteiger charge is -1.87. The molecule has 2 N–H and O–H groups in total. The summed E-state index contributed by atoms with van der Waals surface area (Å²) < 4.78 is 2.52. The highest BCUT2D eigenvalue weighted by molar-refractivity contribution is 14.1. The van der Waals surface area contributed by atoms with E-state index in [4.69, 9.17) is 5.11 Å². The fourth-order valence-corrected chi connectivity index (χ4v) is 0.344.